The summed E-state index contributed by atoms with van der Waals surface area (Å²) in [5.41, 5.74) is 1.74. The summed E-state index contributed by atoms with van der Waals surface area (Å²) in [5, 5.41) is 22.6. The SMILES string of the molecule is CN1C(=O)C(=C2c3cc([N+](=O)[O-])ccc3-c3cc([N+](=O)[O-])ccc32)C(=S)N(C)C1=O. The van der Waals surface area contributed by atoms with Crippen LogP contribution in [0.1, 0.15) is 11.1 Å². The van der Waals surface area contributed by atoms with Crippen LogP contribution in [0.15, 0.2) is 42.0 Å². The third-order valence-electron chi connectivity index (χ3n) is 5.12. The number of carbonyl (C=O) groups is 2. The van der Waals surface area contributed by atoms with Gasteiger partial charge in [-0.05, 0) is 34.4 Å². The average Bonchev–Trinajstić information content (AvgIpc) is 3.04. The van der Waals surface area contributed by atoms with Crippen LogP contribution in [0.4, 0.5) is 16.2 Å². The van der Waals surface area contributed by atoms with Crippen LogP contribution in [0, 0.1) is 20.2 Å². The number of rotatable bonds is 2. The van der Waals surface area contributed by atoms with Gasteiger partial charge < -0.3 is 0 Å². The van der Waals surface area contributed by atoms with Crippen LogP contribution >= 0.6 is 12.2 Å². The number of hydrogen-bond donors (Lipinski definition) is 0. The molecule has 0 N–H and O–H groups in total. The highest BCUT2D eigenvalue weighted by Crippen LogP contribution is 2.48. The number of imide groups is 1. The van der Waals surface area contributed by atoms with Gasteiger partial charge in [0.05, 0.1) is 15.4 Å². The molecule has 1 fully saturated rings. The third kappa shape index (κ3) is 2.59. The largest absolute Gasteiger partial charge is 0.331 e. The molecule has 10 nitrogen and oxygen atoms in total. The van der Waals surface area contributed by atoms with E-state index in [1.165, 1.54) is 50.5 Å². The van der Waals surface area contributed by atoms with Crippen LogP contribution < -0.4 is 0 Å². The van der Waals surface area contributed by atoms with Crippen LogP contribution in [-0.4, -0.2) is 50.7 Å². The second kappa shape index (κ2) is 6.52. The maximum Gasteiger partial charge on any atom is 0.331 e. The summed E-state index contributed by atoms with van der Waals surface area (Å²) in [4.78, 5) is 48.7. The van der Waals surface area contributed by atoms with Crippen molar-refractivity contribution in [3.05, 3.63) is 73.3 Å². The number of hydrogen-bond acceptors (Lipinski definition) is 7. The lowest BCUT2D eigenvalue weighted by Crippen LogP contribution is -2.52. The Morgan fingerprint density at radius 3 is 1.87 bits per heavy atom. The summed E-state index contributed by atoms with van der Waals surface area (Å²) in [6, 6.07) is 7.59. The van der Waals surface area contributed by atoms with E-state index < -0.39 is 21.8 Å². The van der Waals surface area contributed by atoms with Gasteiger partial charge in [0.15, 0.2) is 0 Å². The molecule has 3 amide bonds. The molecule has 1 saturated heterocycles. The average molecular weight is 424 g/mol. The Morgan fingerprint density at radius 1 is 0.767 bits per heavy atom. The first-order chi connectivity index (χ1) is 14.1. The fourth-order valence-corrected chi connectivity index (χ4v) is 3.90. The van der Waals surface area contributed by atoms with Gasteiger partial charge in [-0.15, -0.1) is 0 Å². The van der Waals surface area contributed by atoms with E-state index in [1.54, 1.807) is 0 Å². The number of carbonyl (C=O) groups excluding carboxylic acids is 2. The fraction of sp³-hybridized carbons (Fsp3) is 0.105. The highest BCUT2D eigenvalue weighted by atomic mass is 32.1. The summed E-state index contributed by atoms with van der Waals surface area (Å²) in [6.45, 7) is 0. The summed E-state index contributed by atoms with van der Waals surface area (Å²) in [7, 11) is 2.73. The molecule has 0 unspecified atom stereocenters. The molecular weight excluding hydrogens is 412 g/mol. The maximum atomic E-state index is 13.0. The molecule has 1 aliphatic heterocycles. The van der Waals surface area contributed by atoms with Crippen molar-refractivity contribution < 1.29 is 19.4 Å². The van der Waals surface area contributed by atoms with Crippen molar-refractivity contribution in [2.75, 3.05) is 14.1 Å². The van der Waals surface area contributed by atoms with E-state index in [-0.39, 0.29) is 21.9 Å². The number of nitro groups is 2. The van der Waals surface area contributed by atoms with E-state index in [2.05, 4.69) is 0 Å². The Hall–Kier alpha value is -3.99. The number of benzene rings is 2. The fourth-order valence-electron chi connectivity index (χ4n) is 3.63. The molecule has 2 aromatic carbocycles. The summed E-state index contributed by atoms with van der Waals surface area (Å²) >= 11 is 5.36. The van der Waals surface area contributed by atoms with Gasteiger partial charge in [0.1, 0.15) is 4.99 Å². The Balaban J connectivity index is 2.10. The normalized spacial score (nSPS) is 17.9. The molecular formula is C19H12N4O6S. The number of urea groups is 1. The van der Waals surface area contributed by atoms with Gasteiger partial charge in [-0.25, -0.2) is 4.79 Å². The second-order valence-electron chi connectivity index (χ2n) is 6.73. The quantitative estimate of drug-likeness (QED) is 0.268. The minimum atomic E-state index is -0.651. The zero-order valence-electron chi connectivity index (χ0n) is 15.6. The van der Waals surface area contributed by atoms with Crippen molar-refractivity contribution in [2.45, 2.75) is 0 Å². The number of fused-ring (bicyclic) bond motifs is 3. The van der Waals surface area contributed by atoms with Gasteiger partial charge >= 0.3 is 6.03 Å². The molecule has 1 heterocycles. The maximum absolute atomic E-state index is 13.0. The van der Waals surface area contributed by atoms with Crippen LogP contribution in [0.5, 0.6) is 0 Å². The second-order valence-corrected chi connectivity index (χ2v) is 7.12. The molecule has 2 aliphatic rings. The summed E-state index contributed by atoms with van der Waals surface area (Å²) in [6.07, 6.45) is 0. The Bertz CT molecular complexity index is 1230. The van der Waals surface area contributed by atoms with Crippen molar-refractivity contribution in [2.24, 2.45) is 0 Å². The van der Waals surface area contributed by atoms with Gasteiger partial charge in [0.2, 0.25) is 0 Å². The minimum absolute atomic E-state index is 0.0261. The van der Waals surface area contributed by atoms with Crippen molar-refractivity contribution in [1.29, 1.82) is 0 Å². The van der Waals surface area contributed by atoms with Crippen LogP contribution in [0.3, 0.4) is 0 Å². The molecule has 0 radical (unpaired) electrons. The van der Waals surface area contributed by atoms with Crippen molar-refractivity contribution >= 4 is 46.1 Å². The topological polar surface area (TPSA) is 127 Å². The Kier molecular flexibility index (Phi) is 4.20. The lowest BCUT2D eigenvalue weighted by molar-refractivity contribution is -0.385. The lowest BCUT2D eigenvalue weighted by atomic mass is 9.95. The number of amides is 3. The van der Waals surface area contributed by atoms with E-state index in [4.69, 9.17) is 12.2 Å². The Morgan fingerprint density at radius 2 is 1.30 bits per heavy atom. The van der Waals surface area contributed by atoms with Gasteiger partial charge in [0.25, 0.3) is 17.3 Å². The van der Waals surface area contributed by atoms with Gasteiger partial charge in [-0.3, -0.25) is 34.8 Å². The number of nitrogens with zero attached hydrogens (tertiary/aromatic N) is 4. The monoisotopic (exact) mass is 424 g/mol. The zero-order valence-corrected chi connectivity index (χ0v) is 16.4. The number of non-ortho nitro benzene ring substituents is 2. The predicted molar refractivity (Wildman–Crippen MR) is 110 cm³/mol. The molecule has 4 rings (SSSR count). The lowest BCUT2D eigenvalue weighted by Gasteiger charge is -2.32. The standard InChI is InChI=1S/C19H12N4O6S/c1-20-17(24)16(18(30)21(2)19(20)25)15-12-6-4-9(22(26)27)7-13(12)11-5-3-10(23(28)29)8-14(11)15/h3-8H,1-2H3. The van der Waals surface area contributed by atoms with E-state index in [0.717, 1.165) is 9.80 Å². The zero-order chi connectivity index (χ0) is 21.9. The Labute approximate surface area is 174 Å². The van der Waals surface area contributed by atoms with Crippen LogP contribution in [-0.2, 0) is 4.79 Å². The van der Waals surface area contributed by atoms with Crippen molar-refractivity contribution in [1.82, 2.24) is 9.80 Å². The first-order valence-electron chi connectivity index (χ1n) is 8.55. The van der Waals surface area contributed by atoms with Gasteiger partial charge in [0, 0.05) is 43.9 Å². The number of thiocarbonyl (C=S) groups is 1. The van der Waals surface area contributed by atoms with Crippen LogP contribution in [0.2, 0.25) is 0 Å². The van der Waals surface area contributed by atoms with E-state index in [9.17, 15) is 29.8 Å². The smallest absolute Gasteiger partial charge is 0.287 e. The van der Waals surface area contributed by atoms with Crippen LogP contribution in [0.25, 0.3) is 16.7 Å². The predicted octanol–water partition coefficient (Wildman–Crippen LogP) is 3.14. The first-order valence-corrected chi connectivity index (χ1v) is 8.96. The number of nitro benzene ring substituents is 2. The third-order valence-corrected chi connectivity index (χ3v) is 5.60. The minimum Gasteiger partial charge on any atom is -0.287 e. The van der Waals surface area contributed by atoms with Crippen molar-refractivity contribution in [3.63, 3.8) is 0 Å². The van der Waals surface area contributed by atoms with Gasteiger partial charge in [-0.2, -0.15) is 0 Å². The molecule has 1 aliphatic carbocycles. The molecule has 0 aromatic heterocycles. The molecule has 0 spiro atoms. The highest BCUT2D eigenvalue weighted by molar-refractivity contribution is 7.81. The molecule has 11 heteroatoms. The number of likely N-dealkylation sites (N-methyl/N-ethyl adjacent to an activating group) is 2. The van der Waals surface area contributed by atoms with E-state index in [0.29, 0.717) is 27.8 Å². The molecule has 0 atom stereocenters. The molecule has 150 valence electrons. The van der Waals surface area contributed by atoms with Crippen molar-refractivity contribution in [3.8, 4) is 11.1 Å². The highest BCUT2D eigenvalue weighted by Gasteiger charge is 2.40. The van der Waals surface area contributed by atoms with E-state index in [1.807, 2.05) is 0 Å². The summed E-state index contributed by atoms with van der Waals surface area (Å²) in [5.74, 6) is -0.651. The van der Waals surface area contributed by atoms with E-state index >= 15 is 0 Å². The van der Waals surface area contributed by atoms with Gasteiger partial charge in [-0.1, -0.05) is 12.2 Å². The molecule has 30 heavy (non-hydrogen) atoms. The first kappa shape index (κ1) is 19.3. The molecule has 0 bridgehead atoms. The summed E-state index contributed by atoms with van der Waals surface area (Å²) < 4.78 is 0. The molecule has 0 saturated carbocycles. The molecule has 2 aromatic rings.